The summed E-state index contributed by atoms with van der Waals surface area (Å²) in [5.41, 5.74) is 0.573. The van der Waals surface area contributed by atoms with E-state index in [-0.39, 0.29) is 0 Å². The van der Waals surface area contributed by atoms with E-state index in [0.717, 1.165) is 4.90 Å². The minimum atomic E-state index is -2.99. The molecule has 2 rings (SSSR count). The molecule has 1 aliphatic rings. The third-order valence-corrected chi connectivity index (χ3v) is 2.95. The van der Waals surface area contributed by atoms with Crippen molar-refractivity contribution in [2.45, 2.75) is 18.4 Å². The van der Waals surface area contributed by atoms with Crippen LogP contribution in [-0.2, 0) is 4.79 Å². The average Bonchev–Trinajstić information content (AvgIpc) is 2.65. The van der Waals surface area contributed by atoms with E-state index in [0.29, 0.717) is 5.56 Å². The lowest BCUT2D eigenvalue weighted by molar-refractivity contribution is -0.130. The highest BCUT2D eigenvalue weighted by Gasteiger charge is 2.47. The Bertz CT molecular complexity index is 472. The molecule has 0 saturated carbocycles. The van der Waals surface area contributed by atoms with Gasteiger partial charge in [-0.1, -0.05) is 36.9 Å². The fourth-order valence-corrected chi connectivity index (χ4v) is 2.16. The summed E-state index contributed by atoms with van der Waals surface area (Å²) in [5.74, 6) is -5.28. The second-order valence-electron chi connectivity index (χ2n) is 4.32. The lowest BCUT2D eigenvalue weighted by Gasteiger charge is -2.23. The molecule has 1 fully saturated rings. The molecule has 0 radical (unpaired) electrons. The van der Waals surface area contributed by atoms with Gasteiger partial charge in [0, 0.05) is 6.42 Å². The van der Waals surface area contributed by atoms with E-state index >= 15 is 0 Å². The Hall–Kier alpha value is -1.78. The molecule has 96 valence electrons. The first-order chi connectivity index (χ1) is 8.41. The van der Waals surface area contributed by atoms with Crippen LogP contribution in [0.15, 0.2) is 42.7 Å². The van der Waals surface area contributed by atoms with Crippen LogP contribution >= 0.6 is 0 Å². The number of amides is 1. The third kappa shape index (κ3) is 2.39. The summed E-state index contributed by atoms with van der Waals surface area (Å²) in [6.45, 7) is 2.10. The molecule has 1 heterocycles. The topological polar surface area (TPSA) is 20.3 Å². The number of likely N-dealkylation sites (tertiary alicyclic amines) is 1. The molecule has 1 saturated heterocycles. The fraction of sp³-hybridized carbons (Fsp3) is 0.308. The van der Waals surface area contributed by atoms with Gasteiger partial charge in [0.15, 0.2) is 5.83 Å². The van der Waals surface area contributed by atoms with Crippen LogP contribution in [0.4, 0.5) is 13.2 Å². The molecule has 1 aromatic rings. The Labute approximate surface area is 103 Å². The van der Waals surface area contributed by atoms with Crippen molar-refractivity contribution in [2.24, 2.45) is 0 Å². The number of rotatable bonds is 2. The molecule has 0 N–H and O–H groups in total. The summed E-state index contributed by atoms with van der Waals surface area (Å²) in [5, 5.41) is 0. The van der Waals surface area contributed by atoms with Gasteiger partial charge in [-0.2, -0.15) is 0 Å². The summed E-state index contributed by atoms with van der Waals surface area (Å²) >= 11 is 0. The average molecular weight is 255 g/mol. The summed E-state index contributed by atoms with van der Waals surface area (Å²) in [7, 11) is 0. The molecule has 1 unspecified atom stereocenters. The lowest BCUT2D eigenvalue weighted by Crippen LogP contribution is -2.33. The quantitative estimate of drug-likeness (QED) is 0.744. The van der Waals surface area contributed by atoms with Crippen LogP contribution in [0.1, 0.15) is 18.0 Å². The molecule has 18 heavy (non-hydrogen) atoms. The summed E-state index contributed by atoms with van der Waals surface area (Å²) in [6.07, 6.45) is -0.490. The smallest absolute Gasteiger partial charge is 0.282 e. The summed E-state index contributed by atoms with van der Waals surface area (Å²) < 4.78 is 39.7. The Balaban J connectivity index is 2.32. The second kappa shape index (κ2) is 4.48. The van der Waals surface area contributed by atoms with E-state index in [1.165, 1.54) is 0 Å². The van der Waals surface area contributed by atoms with Crippen molar-refractivity contribution in [1.82, 2.24) is 4.90 Å². The van der Waals surface area contributed by atoms with E-state index in [1.807, 2.05) is 0 Å². The maximum atomic E-state index is 13.4. The van der Waals surface area contributed by atoms with Crippen molar-refractivity contribution in [3.63, 3.8) is 0 Å². The number of hydrogen-bond acceptors (Lipinski definition) is 1. The van der Waals surface area contributed by atoms with Gasteiger partial charge >= 0.3 is 0 Å². The normalized spacial score (nSPS) is 21.9. The molecule has 2 nitrogen and oxygen atoms in total. The monoisotopic (exact) mass is 255 g/mol. The maximum absolute atomic E-state index is 13.4. The van der Waals surface area contributed by atoms with Gasteiger partial charge in [0.05, 0.1) is 12.6 Å². The van der Waals surface area contributed by atoms with Crippen LogP contribution in [0, 0.1) is 0 Å². The van der Waals surface area contributed by atoms with E-state index in [9.17, 15) is 18.0 Å². The molecule has 1 aliphatic heterocycles. The second-order valence-corrected chi connectivity index (χ2v) is 4.32. The summed E-state index contributed by atoms with van der Waals surface area (Å²) in [4.78, 5) is 12.4. The largest absolute Gasteiger partial charge is 0.323 e. The standard InChI is InChI=1S/C13H12F3NO/c1-9(14)12(18)17-8-13(15,16)7-11(17)10-5-3-2-4-6-10/h2-6,11H,1,7-8H2. The van der Waals surface area contributed by atoms with Gasteiger partial charge < -0.3 is 4.90 Å². The van der Waals surface area contributed by atoms with Crippen molar-refractivity contribution < 1.29 is 18.0 Å². The maximum Gasteiger partial charge on any atom is 0.282 e. The molecule has 1 aromatic carbocycles. The molecular weight excluding hydrogens is 243 g/mol. The molecule has 0 bridgehead atoms. The Morgan fingerprint density at radius 1 is 1.33 bits per heavy atom. The number of hydrogen-bond donors (Lipinski definition) is 0. The van der Waals surface area contributed by atoms with E-state index in [1.54, 1.807) is 30.3 Å². The van der Waals surface area contributed by atoms with Crippen LogP contribution in [0.2, 0.25) is 0 Å². The van der Waals surface area contributed by atoms with Crippen molar-refractivity contribution in [3.8, 4) is 0 Å². The first-order valence-corrected chi connectivity index (χ1v) is 5.49. The zero-order chi connectivity index (χ0) is 13.3. The third-order valence-electron chi connectivity index (χ3n) is 2.95. The highest BCUT2D eigenvalue weighted by Crippen LogP contribution is 2.41. The molecule has 0 aliphatic carbocycles. The zero-order valence-electron chi connectivity index (χ0n) is 9.57. The van der Waals surface area contributed by atoms with Crippen molar-refractivity contribution in [1.29, 1.82) is 0 Å². The van der Waals surface area contributed by atoms with Crippen molar-refractivity contribution >= 4 is 5.91 Å². The highest BCUT2D eigenvalue weighted by molar-refractivity contribution is 5.91. The van der Waals surface area contributed by atoms with Crippen molar-refractivity contribution in [3.05, 3.63) is 48.3 Å². The van der Waals surface area contributed by atoms with Gasteiger partial charge in [-0.05, 0) is 5.56 Å². The molecule has 1 atom stereocenters. The van der Waals surface area contributed by atoms with Crippen LogP contribution < -0.4 is 0 Å². The lowest BCUT2D eigenvalue weighted by atomic mass is 10.0. The number of carbonyl (C=O) groups is 1. The van der Waals surface area contributed by atoms with E-state index in [4.69, 9.17) is 0 Å². The number of carbonyl (C=O) groups excluding carboxylic acids is 1. The number of halogens is 3. The van der Waals surface area contributed by atoms with Crippen molar-refractivity contribution in [2.75, 3.05) is 6.54 Å². The van der Waals surface area contributed by atoms with Crippen LogP contribution in [-0.4, -0.2) is 23.3 Å². The predicted octanol–water partition coefficient (Wildman–Crippen LogP) is 3.08. The number of nitrogens with zero attached hydrogens (tertiary/aromatic N) is 1. The Morgan fingerprint density at radius 3 is 2.50 bits per heavy atom. The highest BCUT2D eigenvalue weighted by atomic mass is 19.3. The molecule has 1 amide bonds. The van der Waals surface area contributed by atoms with Gasteiger partial charge in [-0.25, -0.2) is 13.2 Å². The van der Waals surface area contributed by atoms with Gasteiger partial charge in [0.25, 0.3) is 11.8 Å². The van der Waals surface area contributed by atoms with Crippen LogP contribution in [0.5, 0.6) is 0 Å². The molecule has 0 spiro atoms. The predicted molar refractivity (Wildman–Crippen MR) is 60.7 cm³/mol. The molecular formula is C13H12F3NO. The Kier molecular flexibility index (Phi) is 3.15. The summed E-state index contributed by atoms with van der Waals surface area (Å²) in [6, 6.07) is 7.62. The SMILES string of the molecule is C=C(F)C(=O)N1CC(F)(F)CC1c1ccccc1. The van der Waals surface area contributed by atoms with Gasteiger partial charge in [0.1, 0.15) is 0 Å². The molecule has 0 aromatic heterocycles. The Morgan fingerprint density at radius 2 is 1.94 bits per heavy atom. The van der Waals surface area contributed by atoms with Gasteiger partial charge in [-0.3, -0.25) is 4.79 Å². The van der Waals surface area contributed by atoms with Gasteiger partial charge in [0.2, 0.25) is 0 Å². The minimum absolute atomic E-state index is 0.490. The number of alkyl halides is 2. The zero-order valence-corrected chi connectivity index (χ0v) is 9.57. The van der Waals surface area contributed by atoms with Crippen LogP contribution in [0.25, 0.3) is 0 Å². The minimum Gasteiger partial charge on any atom is -0.323 e. The first-order valence-electron chi connectivity index (χ1n) is 5.49. The fourth-order valence-electron chi connectivity index (χ4n) is 2.16. The van der Waals surface area contributed by atoms with Gasteiger partial charge in [-0.15, -0.1) is 0 Å². The van der Waals surface area contributed by atoms with E-state index in [2.05, 4.69) is 6.58 Å². The molecule has 5 heteroatoms. The number of benzene rings is 1. The van der Waals surface area contributed by atoms with Crippen LogP contribution in [0.3, 0.4) is 0 Å². The first kappa shape index (κ1) is 12.7. The van der Waals surface area contributed by atoms with E-state index < -0.39 is 36.7 Å².